The largest absolute Gasteiger partial charge is 0.334 e. The Kier molecular flexibility index (Phi) is 4.90. The number of carbonyl (C=O) groups is 2. The van der Waals surface area contributed by atoms with Gasteiger partial charge in [-0.25, -0.2) is 4.68 Å². The van der Waals surface area contributed by atoms with Crippen LogP contribution < -0.4 is 5.32 Å². The van der Waals surface area contributed by atoms with Crippen molar-refractivity contribution in [3.63, 3.8) is 0 Å². The van der Waals surface area contributed by atoms with Gasteiger partial charge in [-0.2, -0.15) is 16.9 Å². The van der Waals surface area contributed by atoms with Gasteiger partial charge in [0.25, 0.3) is 0 Å². The van der Waals surface area contributed by atoms with Crippen LogP contribution in [0.4, 0.5) is 5.82 Å². The molecule has 2 aliphatic rings. The summed E-state index contributed by atoms with van der Waals surface area (Å²) in [5.41, 5.74) is 1.84. The monoisotopic (exact) mass is 350 g/mol. The van der Waals surface area contributed by atoms with Gasteiger partial charge < -0.3 is 10.2 Å². The van der Waals surface area contributed by atoms with Gasteiger partial charge in [-0.1, -0.05) is 12.8 Å². The first kappa shape index (κ1) is 17.3. The molecule has 3 heterocycles. The second-order valence-electron chi connectivity index (χ2n) is 7.51. The van der Waals surface area contributed by atoms with E-state index in [4.69, 9.17) is 0 Å². The minimum absolute atomic E-state index is 0.247. The number of amides is 2. The number of likely N-dealkylation sites (tertiary alicyclic amines) is 1. The first-order chi connectivity index (χ1) is 11.4. The molecule has 0 saturated carbocycles. The van der Waals surface area contributed by atoms with Crippen molar-refractivity contribution in [1.29, 1.82) is 0 Å². The molecule has 0 aromatic carbocycles. The van der Waals surface area contributed by atoms with Crippen LogP contribution in [-0.4, -0.2) is 39.6 Å². The first-order valence-corrected chi connectivity index (χ1v) is 9.82. The second-order valence-corrected chi connectivity index (χ2v) is 8.50. The lowest BCUT2D eigenvalue weighted by molar-refractivity contribution is -0.143. The number of aromatic nitrogens is 2. The maximum atomic E-state index is 12.6. The summed E-state index contributed by atoms with van der Waals surface area (Å²) in [4.78, 5) is 26.8. The molecule has 24 heavy (non-hydrogen) atoms. The first-order valence-electron chi connectivity index (χ1n) is 8.67. The Balaban J connectivity index is 1.80. The zero-order chi connectivity index (χ0) is 17.3. The molecule has 1 aromatic rings. The third-order valence-corrected chi connectivity index (χ3v) is 5.48. The molecule has 7 heteroatoms. The molecule has 1 aromatic heterocycles. The number of thioether (sulfide) groups is 1. The lowest BCUT2D eigenvalue weighted by Crippen LogP contribution is -2.41. The highest BCUT2D eigenvalue weighted by molar-refractivity contribution is 7.98. The van der Waals surface area contributed by atoms with E-state index in [1.807, 2.05) is 4.68 Å². The Labute approximate surface area is 147 Å². The number of nitrogens with one attached hydrogen (secondary N) is 1. The van der Waals surface area contributed by atoms with Crippen molar-refractivity contribution < 1.29 is 9.59 Å². The number of anilines is 1. The quantitative estimate of drug-likeness (QED) is 0.791. The Morgan fingerprint density at radius 2 is 1.75 bits per heavy atom. The highest BCUT2D eigenvalue weighted by Crippen LogP contribution is 2.37. The summed E-state index contributed by atoms with van der Waals surface area (Å²) in [5.74, 6) is 1.43. The van der Waals surface area contributed by atoms with Crippen LogP contribution in [0.2, 0.25) is 0 Å². The van der Waals surface area contributed by atoms with Crippen molar-refractivity contribution in [3.05, 3.63) is 11.3 Å². The van der Waals surface area contributed by atoms with Crippen LogP contribution in [0.25, 0.3) is 0 Å². The number of hydrogen-bond acceptors (Lipinski definition) is 4. The Hall–Kier alpha value is -1.50. The molecule has 1 fully saturated rings. The highest BCUT2D eigenvalue weighted by Gasteiger charge is 2.31. The van der Waals surface area contributed by atoms with Gasteiger partial charge >= 0.3 is 11.8 Å². The van der Waals surface area contributed by atoms with E-state index in [-0.39, 0.29) is 5.54 Å². The lowest BCUT2D eigenvalue weighted by Gasteiger charge is -2.24. The fourth-order valence-electron chi connectivity index (χ4n) is 3.21. The molecule has 2 aliphatic heterocycles. The smallest absolute Gasteiger partial charge is 0.315 e. The average Bonchev–Trinajstić information content (AvgIpc) is 2.99. The number of carbonyl (C=O) groups excluding carboxylic acids is 2. The number of hydrogen-bond donors (Lipinski definition) is 1. The van der Waals surface area contributed by atoms with E-state index >= 15 is 0 Å². The third kappa shape index (κ3) is 3.45. The molecule has 0 radical (unpaired) electrons. The van der Waals surface area contributed by atoms with Crippen LogP contribution in [0.15, 0.2) is 0 Å². The van der Waals surface area contributed by atoms with Crippen LogP contribution in [0.1, 0.15) is 57.7 Å². The maximum Gasteiger partial charge on any atom is 0.315 e. The van der Waals surface area contributed by atoms with Crippen LogP contribution >= 0.6 is 11.8 Å². The van der Waals surface area contributed by atoms with E-state index in [2.05, 4.69) is 31.2 Å². The summed E-state index contributed by atoms with van der Waals surface area (Å²) in [5, 5.41) is 7.53. The zero-order valence-corrected chi connectivity index (χ0v) is 15.5. The summed E-state index contributed by atoms with van der Waals surface area (Å²) in [6.07, 6.45) is 4.22. The normalized spacial score (nSPS) is 18.2. The fraction of sp³-hybridized carbons (Fsp3) is 0.706. The molecule has 2 amide bonds. The lowest BCUT2D eigenvalue weighted by atomic mass is 10.1. The Bertz CT molecular complexity index is 640. The van der Waals surface area contributed by atoms with E-state index in [9.17, 15) is 9.59 Å². The minimum atomic E-state index is -0.540. The maximum absolute atomic E-state index is 12.6. The van der Waals surface area contributed by atoms with Crippen LogP contribution in [-0.2, 0) is 26.6 Å². The van der Waals surface area contributed by atoms with Gasteiger partial charge in [-0.15, -0.1) is 0 Å². The van der Waals surface area contributed by atoms with Crippen molar-refractivity contribution in [2.75, 3.05) is 18.4 Å². The van der Waals surface area contributed by atoms with Crippen LogP contribution in [0.5, 0.6) is 0 Å². The molecule has 132 valence electrons. The summed E-state index contributed by atoms with van der Waals surface area (Å²) < 4.78 is 1.85. The molecule has 0 aliphatic carbocycles. The number of nitrogens with zero attached hydrogens (tertiary/aromatic N) is 3. The van der Waals surface area contributed by atoms with E-state index in [0.29, 0.717) is 18.9 Å². The van der Waals surface area contributed by atoms with E-state index in [1.54, 1.807) is 16.7 Å². The predicted molar refractivity (Wildman–Crippen MR) is 95.9 cm³/mol. The van der Waals surface area contributed by atoms with E-state index in [1.165, 1.54) is 0 Å². The van der Waals surface area contributed by atoms with E-state index in [0.717, 1.165) is 48.4 Å². The van der Waals surface area contributed by atoms with Gasteiger partial charge in [-0.3, -0.25) is 9.59 Å². The molecule has 0 bridgehead atoms. The second kappa shape index (κ2) is 6.78. The Morgan fingerprint density at radius 1 is 1.08 bits per heavy atom. The van der Waals surface area contributed by atoms with Gasteiger partial charge in [0.1, 0.15) is 5.82 Å². The molecule has 6 nitrogen and oxygen atoms in total. The van der Waals surface area contributed by atoms with E-state index < -0.39 is 11.8 Å². The molecule has 1 saturated heterocycles. The molecular formula is C17H26N4O2S. The van der Waals surface area contributed by atoms with Gasteiger partial charge in [0.15, 0.2) is 0 Å². The van der Waals surface area contributed by atoms with Crippen LogP contribution in [0, 0.1) is 0 Å². The summed E-state index contributed by atoms with van der Waals surface area (Å²) in [6, 6.07) is 0. The van der Waals surface area contributed by atoms with Crippen molar-refractivity contribution in [2.24, 2.45) is 0 Å². The van der Waals surface area contributed by atoms with Gasteiger partial charge in [0, 0.05) is 30.2 Å². The molecule has 0 atom stereocenters. The van der Waals surface area contributed by atoms with Gasteiger partial charge in [0.2, 0.25) is 0 Å². The summed E-state index contributed by atoms with van der Waals surface area (Å²) >= 11 is 1.79. The van der Waals surface area contributed by atoms with Gasteiger partial charge in [-0.05, 0) is 33.6 Å². The van der Waals surface area contributed by atoms with Crippen molar-refractivity contribution in [2.45, 2.75) is 63.5 Å². The summed E-state index contributed by atoms with van der Waals surface area (Å²) in [7, 11) is 0. The molecule has 0 spiro atoms. The highest BCUT2D eigenvalue weighted by atomic mass is 32.2. The fourth-order valence-corrected chi connectivity index (χ4v) is 4.24. The van der Waals surface area contributed by atoms with Gasteiger partial charge in [0.05, 0.1) is 11.2 Å². The average molecular weight is 350 g/mol. The molecular weight excluding hydrogens is 324 g/mol. The molecule has 1 N–H and O–H groups in total. The SMILES string of the molecule is CC(C)(C)n1nc2c(c1NC(=O)C(=O)N1CCCCCC1)CSC2. The van der Waals surface area contributed by atoms with Crippen molar-refractivity contribution in [3.8, 4) is 0 Å². The zero-order valence-electron chi connectivity index (χ0n) is 14.7. The topological polar surface area (TPSA) is 67.2 Å². The number of rotatable bonds is 1. The number of fused-ring (bicyclic) bond motifs is 1. The standard InChI is InChI=1S/C17H26N4O2S/c1-17(2,3)21-14(12-10-24-11-13(12)19-21)18-15(22)16(23)20-8-6-4-5-7-9-20/h4-11H2,1-3H3,(H,18,22). The third-order valence-electron chi connectivity index (χ3n) is 4.51. The van der Waals surface area contributed by atoms with Crippen molar-refractivity contribution >= 4 is 29.4 Å². The predicted octanol–water partition coefficient (Wildman–Crippen LogP) is 2.73. The van der Waals surface area contributed by atoms with Crippen LogP contribution in [0.3, 0.4) is 0 Å². The molecule has 0 unspecified atom stereocenters. The minimum Gasteiger partial charge on any atom is -0.334 e. The summed E-state index contributed by atoms with van der Waals surface area (Å²) in [6.45, 7) is 7.51. The van der Waals surface area contributed by atoms with Crippen molar-refractivity contribution in [1.82, 2.24) is 14.7 Å². The molecule has 3 rings (SSSR count). The Morgan fingerprint density at radius 3 is 2.38 bits per heavy atom.